The number of halogens is 1. The molecule has 0 saturated heterocycles. The van der Waals surface area contributed by atoms with Crippen molar-refractivity contribution < 1.29 is 9.21 Å². The molecule has 2 N–H and O–H groups in total. The molecule has 0 aliphatic rings. The van der Waals surface area contributed by atoms with Crippen molar-refractivity contribution in [1.29, 1.82) is 0 Å². The largest absolute Gasteiger partial charge is 0.469 e. The van der Waals surface area contributed by atoms with Gasteiger partial charge in [0.25, 0.3) is 0 Å². The average molecular weight is 516 g/mol. The molecule has 1 aromatic heterocycles. The molecular formula is C20H29IN4O2S. The quantitative estimate of drug-likeness (QED) is 0.232. The molecule has 1 heterocycles. The van der Waals surface area contributed by atoms with Crippen molar-refractivity contribution in [3.63, 3.8) is 0 Å². The zero-order chi connectivity index (χ0) is 19.5. The van der Waals surface area contributed by atoms with Gasteiger partial charge < -0.3 is 20.0 Å². The van der Waals surface area contributed by atoms with E-state index in [1.807, 2.05) is 30.3 Å². The van der Waals surface area contributed by atoms with Crippen LogP contribution in [0.3, 0.4) is 0 Å². The summed E-state index contributed by atoms with van der Waals surface area (Å²) < 4.78 is 5.35. The van der Waals surface area contributed by atoms with Gasteiger partial charge in [0.1, 0.15) is 12.3 Å². The summed E-state index contributed by atoms with van der Waals surface area (Å²) in [6.45, 7) is 3.69. The number of rotatable bonds is 9. The van der Waals surface area contributed by atoms with E-state index in [0.717, 1.165) is 18.7 Å². The summed E-state index contributed by atoms with van der Waals surface area (Å²) in [4.78, 5) is 19.0. The molecule has 0 aliphatic heterocycles. The summed E-state index contributed by atoms with van der Waals surface area (Å²) >= 11 is 1.80. The minimum Gasteiger partial charge on any atom is -0.469 e. The first-order valence-electron chi connectivity index (χ1n) is 9.01. The summed E-state index contributed by atoms with van der Waals surface area (Å²) in [5, 5.41) is 6.96. The van der Waals surface area contributed by atoms with Crippen LogP contribution < -0.4 is 10.6 Å². The van der Waals surface area contributed by atoms with Gasteiger partial charge in [0.2, 0.25) is 5.91 Å². The summed E-state index contributed by atoms with van der Waals surface area (Å²) in [5.41, 5.74) is 0. The maximum atomic E-state index is 11.8. The lowest BCUT2D eigenvalue weighted by Gasteiger charge is -2.16. The first-order valence-corrected chi connectivity index (χ1v) is 9.89. The number of nitrogens with zero attached hydrogens (tertiary/aromatic N) is 2. The molecule has 1 atom stereocenters. The number of thioether (sulfide) groups is 1. The van der Waals surface area contributed by atoms with Gasteiger partial charge in [-0.05, 0) is 24.3 Å². The Morgan fingerprint density at radius 1 is 1.18 bits per heavy atom. The lowest BCUT2D eigenvalue weighted by Crippen LogP contribution is -2.41. The summed E-state index contributed by atoms with van der Waals surface area (Å²) in [5.74, 6) is 1.52. The highest BCUT2D eigenvalue weighted by atomic mass is 127. The molecule has 0 bridgehead atoms. The Labute approximate surface area is 188 Å². The van der Waals surface area contributed by atoms with Crippen LogP contribution >= 0.6 is 35.7 Å². The first-order chi connectivity index (χ1) is 13.0. The molecule has 0 fully saturated rings. The minimum absolute atomic E-state index is 0. The fourth-order valence-corrected chi connectivity index (χ4v) is 3.18. The number of likely N-dealkylation sites (N-methyl/N-ethyl adjacent to an activating group) is 1. The standard InChI is InChI=1S/C20H28N4O2S.HI/c1-16(27-18-9-5-4-6-10-18)14-22-20(23-15-19(25)24(2)3)21-12-11-17-8-7-13-26-17;/h4-10,13,16H,11-12,14-15H2,1-3H3,(H2,21,22,23);1H. The van der Waals surface area contributed by atoms with E-state index in [9.17, 15) is 4.79 Å². The van der Waals surface area contributed by atoms with Gasteiger partial charge in [-0.15, -0.1) is 35.7 Å². The van der Waals surface area contributed by atoms with Crippen LogP contribution in [0.15, 0.2) is 63.0 Å². The van der Waals surface area contributed by atoms with Gasteiger partial charge in [-0.1, -0.05) is 25.1 Å². The number of aliphatic imine (C=N–C) groups is 1. The lowest BCUT2D eigenvalue weighted by molar-refractivity contribution is -0.127. The number of guanidine groups is 1. The predicted octanol–water partition coefficient (Wildman–Crippen LogP) is 3.24. The van der Waals surface area contributed by atoms with Crippen molar-refractivity contribution in [3.8, 4) is 0 Å². The Morgan fingerprint density at radius 2 is 1.93 bits per heavy atom. The molecular weight excluding hydrogens is 487 g/mol. The fraction of sp³-hybridized carbons (Fsp3) is 0.400. The number of benzene rings is 1. The van der Waals surface area contributed by atoms with E-state index < -0.39 is 0 Å². The molecule has 0 spiro atoms. The normalized spacial score (nSPS) is 12.0. The number of carbonyl (C=O) groups excluding carboxylic acids is 1. The van der Waals surface area contributed by atoms with Crippen LogP contribution in [0.4, 0.5) is 0 Å². The number of nitrogens with one attached hydrogen (secondary N) is 2. The third kappa shape index (κ3) is 9.50. The third-order valence-electron chi connectivity index (χ3n) is 3.75. The molecule has 0 saturated carbocycles. The van der Waals surface area contributed by atoms with Crippen LogP contribution in [-0.4, -0.2) is 55.7 Å². The molecule has 0 aliphatic carbocycles. The minimum atomic E-state index is -0.0335. The molecule has 0 radical (unpaired) electrons. The molecule has 2 rings (SSSR count). The highest BCUT2D eigenvalue weighted by Crippen LogP contribution is 2.21. The van der Waals surface area contributed by atoms with Gasteiger partial charge in [-0.25, -0.2) is 4.99 Å². The van der Waals surface area contributed by atoms with E-state index in [0.29, 0.717) is 17.8 Å². The molecule has 6 nitrogen and oxygen atoms in total. The Hall–Kier alpha value is -1.68. The predicted molar refractivity (Wildman–Crippen MR) is 127 cm³/mol. The molecule has 154 valence electrons. The highest BCUT2D eigenvalue weighted by molar-refractivity contribution is 14.0. The SMILES string of the molecule is CC(CNC(=NCC(=O)N(C)C)NCCc1ccco1)Sc1ccccc1.I. The summed E-state index contributed by atoms with van der Waals surface area (Å²) in [7, 11) is 3.46. The van der Waals surface area contributed by atoms with E-state index in [-0.39, 0.29) is 36.4 Å². The smallest absolute Gasteiger partial charge is 0.243 e. The van der Waals surface area contributed by atoms with Crippen molar-refractivity contribution >= 4 is 47.6 Å². The fourth-order valence-electron chi connectivity index (χ4n) is 2.23. The molecule has 1 amide bonds. The van der Waals surface area contributed by atoms with Gasteiger partial charge in [-0.2, -0.15) is 0 Å². The van der Waals surface area contributed by atoms with Gasteiger partial charge in [0.05, 0.1) is 6.26 Å². The van der Waals surface area contributed by atoms with Crippen molar-refractivity contribution in [1.82, 2.24) is 15.5 Å². The monoisotopic (exact) mass is 516 g/mol. The van der Waals surface area contributed by atoms with Crippen molar-refractivity contribution in [3.05, 3.63) is 54.5 Å². The van der Waals surface area contributed by atoms with Crippen LogP contribution in [0.25, 0.3) is 0 Å². The molecule has 2 aromatic rings. The maximum absolute atomic E-state index is 11.8. The Morgan fingerprint density at radius 3 is 2.57 bits per heavy atom. The van der Waals surface area contributed by atoms with Crippen LogP contribution in [0, 0.1) is 0 Å². The zero-order valence-corrected chi connectivity index (χ0v) is 19.7. The van der Waals surface area contributed by atoms with Crippen LogP contribution in [-0.2, 0) is 11.2 Å². The van der Waals surface area contributed by atoms with E-state index >= 15 is 0 Å². The van der Waals surface area contributed by atoms with E-state index in [2.05, 4.69) is 34.7 Å². The van der Waals surface area contributed by atoms with Crippen molar-refractivity contribution in [2.75, 3.05) is 33.7 Å². The van der Waals surface area contributed by atoms with Crippen LogP contribution in [0.2, 0.25) is 0 Å². The van der Waals surface area contributed by atoms with E-state index in [1.54, 1.807) is 32.1 Å². The molecule has 28 heavy (non-hydrogen) atoms. The average Bonchev–Trinajstić information content (AvgIpc) is 3.17. The third-order valence-corrected chi connectivity index (χ3v) is 4.87. The number of hydrogen-bond donors (Lipinski definition) is 2. The van der Waals surface area contributed by atoms with Gasteiger partial charge in [-0.3, -0.25) is 4.79 Å². The second-order valence-electron chi connectivity index (χ2n) is 6.33. The zero-order valence-electron chi connectivity index (χ0n) is 16.6. The van der Waals surface area contributed by atoms with Gasteiger partial charge in [0.15, 0.2) is 5.96 Å². The number of amides is 1. The lowest BCUT2D eigenvalue weighted by atomic mass is 10.3. The Balaban J connectivity index is 0.00000392. The summed E-state index contributed by atoms with van der Waals surface area (Å²) in [6, 6.07) is 14.1. The number of furan rings is 1. The van der Waals surface area contributed by atoms with Gasteiger partial charge in [0, 0.05) is 43.8 Å². The molecule has 8 heteroatoms. The van der Waals surface area contributed by atoms with E-state index in [1.165, 1.54) is 9.80 Å². The topological polar surface area (TPSA) is 69.9 Å². The second kappa shape index (κ2) is 13.5. The molecule has 1 aromatic carbocycles. The second-order valence-corrected chi connectivity index (χ2v) is 7.84. The van der Waals surface area contributed by atoms with E-state index in [4.69, 9.17) is 4.42 Å². The number of hydrogen-bond acceptors (Lipinski definition) is 4. The molecule has 1 unspecified atom stereocenters. The first kappa shape index (κ1) is 24.4. The van der Waals surface area contributed by atoms with Crippen molar-refractivity contribution in [2.45, 2.75) is 23.5 Å². The summed E-state index contributed by atoms with van der Waals surface area (Å²) in [6.07, 6.45) is 2.42. The highest BCUT2D eigenvalue weighted by Gasteiger charge is 2.08. The maximum Gasteiger partial charge on any atom is 0.243 e. The Kier molecular flexibility index (Phi) is 11.7. The number of carbonyl (C=O) groups is 1. The van der Waals surface area contributed by atoms with Crippen molar-refractivity contribution in [2.24, 2.45) is 4.99 Å². The van der Waals surface area contributed by atoms with Crippen LogP contribution in [0.5, 0.6) is 0 Å². The Bertz CT molecular complexity index is 708. The van der Waals surface area contributed by atoms with Crippen LogP contribution in [0.1, 0.15) is 12.7 Å². The van der Waals surface area contributed by atoms with Gasteiger partial charge >= 0.3 is 0 Å².